The molecule has 1 heterocycles. The molecule has 0 aliphatic rings. The number of rotatable bonds is 7. The van der Waals surface area contributed by atoms with Crippen molar-refractivity contribution in [3.05, 3.63) is 28.5 Å². The Labute approximate surface area is 149 Å². The molecule has 0 amide bonds. The highest BCUT2D eigenvalue weighted by Gasteiger charge is 2.32. The Balaban J connectivity index is 2.42. The quantitative estimate of drug-likeness (QED) is 0.456. The van der Waals surface area contributed by atoms with Gasteiger partial charge in [-0.2, -0.15) is 0 Å². The summed E-state index contributed by atoms with van der Waals surface area (Å²) in [7, 11) is 0. The summed E-state index contributed by atoms with van der Waals surface area (Å²) >= 11 is 3.40. The van der Waals surface area contributed by atoms with Crippen LogP contribution in [-0.2, 0) is 16.0 Å². The zero-order chi connectivity index (χ0) is 17.7. The highest BCUT2D eigenvalue weighted by molar-refractivity contribution is 9.10. The van der Waals surface area contributed by atoms with Gasteiger partial charge in [-0.15, -0.1) is 0 Å². The molecular formula is C19H30BrNO2. The van der Waals surface area contributed by atoms with Crippen molar-refractivity contribution in [2.45, 2.75) is 72.8 Å². The molecule has 1 unspecified atom stereocenters. The van der Waals surface area contributed by atoms with Crippen LogP contribution < -0.4 is 0 Å². The minimum Gasteiger partial charge on any atom is -0.460 e. The predicted molar refractivity (Wildman–Crippen MR) is 98.3 cm³/mol. The summed E-state index contributed by atoms with van der Waals surface area (Å²) in [4.78, 5) is 16.7. The van der Waals surface area contributed by atoms with Crippen molar-refractivity contribution in [3.8, 4) is 0 Å². The lowest BCUT2D eigenvalue weighted by Crippen LogP contribution is -2.34. The smallest absolute Gasteiger partial charge is 0.312 e. The molecule has 1 rings (SSSR count). The first kappa shape index (κ1) is 20.1. The molecule has 0 spiro atoms. The van der Waals surface area contributed by atoms with Crippen LogP contribution >= 0.6 is 15.9 Å². The number of aromatic nitrogens is 1. The zero-order valence-electron chi connectivity index (χ0n) is 15.3. The van der Waals surface area contributed by atoms with Crippen LogP contribution in [0.5, 0.6) is 0 Å². The minimum atomic E-state index is -0.435. The van der Waals surface area contributed by atoms with E-state index in [0.717, 1.165) is 36.0 Å². The molecule has 3 nitrogen and oxygen atoms in total. The molecule has 130 valence electrons. The van der Waals surface area contributed by atoms with Gasteiger partial charge < -0.3 is 4.74 Å². The highest BCUT2D eigenvalue weighted by atomic mass is 79.9. The monoisotopic (exact) mass is 383 g/mol. The molecule has 0 bridgehead atoms. The Morgan fingerprint density at radius 3 is 2.43 bits per heavy atom. The fourth-order valence-corrected chi connectivity index (χ4v) is 2.63. The number of pyridine rings is 1. The first-order valence-corrected chi connectivity index (χ1v) is 9.14. The van der Waals surface area contributed by atoms with E-state index in [2.05, 4.69) is 33.9 Å². The van der Waals surface area contributed by atoms with Gasteiger partial charge in [0.15, 0.2) is 0 Å². The normalized spacial score (nSPS) is 13.7. The largest absolute Gasteiger partial charge is 0.460 e. The first-order chi connectivity index (χ1) is 10.5. The Bertz CT molecular complexity index is 520. The molecule has 1 aromatic rings. The summed E-state index contributed by atoms with van der Waals surface area (Å²) in [6, 6.07) is 6.01. The summed E-state index contributed by atoms with van der Waals surface area (Å²) in [5.74, 6) is 0.448. The maximum Gasteiger partial charge on any atom is 0.312 e. The van der Waals surface area contributed by atoms with E-state index in [1.807, 2.05) is 46.8 Å². The van der Waals surface area contributed by atoms with Crippen LogP contribution in [0.2, 0.25) is 0 Å². The standard InChI is InChI=1S/C19H30BrNO2/c1-14(10-11-15-8-7-9-16(20)21-15)12-13-19(5,6)17(22)23-18(2,3)4/h7-9,14H,10-13H2,1-6H3. The number of carbonyl (C=O) groups is 1. The molecule has 0 saturated carbocycles. The van der Waals surface area contributed by atoms with Crippen LogP contribution in [-0.4, -0.2) is 16.6 Å². The fraction of sp³-hybridized carbons (Fsp3) is 0.684. The molecule has 4 heteroatoms. The molecule has 0 aliphatic carbocycles. The molecule has 0 aliphatic heterocycles. The highest BCUT2D eigenvalue weighted by Crippen LogP contribution is 2.29. The summed E-state index contributed by atoms with van der Waals surface area (Å²) in [6.45, 7) is 11.9. The lowest BCUT2D eigenvalue weighted by molar-refractivity contribution is -0.166. The second-order valence-electron chi connectivity index (χ2n) is 8.02. The van der Waals surface area contributed by atoms with E-state index in [9.17, 15) is 4.79 Å². The third kappa shape index (κ3) is 7.96. The van der Waals surface area contributed by atoms with E-state index >= 15 is 0 Å². The fourth-order valence-electron chi connectivity index (χ4n) is 2.25. The molecule has 0 aromatic carbocycles. The summed E-state index contributed by atoms with van der Waals surface area (Å²) in [5, 5.41) is 0. The van der Waals surface area contributed by atoms with Gasteiger partial charge in [-0.05, 0) is 94.3 Å². The van der Waals surface area contributed by atoms with Gasteiger partial charge in [0.25, 0.3) is 0 Å². The number of nitrogens with zero attached hydrogens (tertiary/aromatic N) is 1. The lowest BCUT2D eigenvalue weighted by Gasteiger charge is -2.29. The Morgan fingerprint density at radius 1 is 1.22 bits per heavy atom. The third-order valence-corrected chi connectivity index (χ3v) is 4.32. The van der Waals surface area contributed by atoms with Gasteiger partial charge >= 0.3 is 5.97 Å². The maximum absolute atomic E-state index is 12.3. The Morgan fingerprint density at radius 2 is 1.87 bits per heavy atom. The van der Waals surface area contributed by atoms with Gasteiger partial charge in [-0.1, -0.05) is 13.0 Å². The van der Waals surface area contributed by atoms with Crippen LogP contribution in [0.4, 0.5) is 0 Å². The number of halogens is 1. The van der Waals surface area contributed by atoms with Crippen molar-refractivity contribution in [1.82, 2.24) is 4.98 Å². The Hall–Kier alpha value is -0.900. The van der Waals surface area contributed by atoms with Crippen LogP contribution in [0.15, 0.2) is 22.8 Å². The van der Waals surface area contributed by atoms with E-state index in [0.29, 0.717) is 5.92 Å². The summed E-state index contributed by atoms with van der Waals surface area (Å²) < 4.78 is 6.41. The van der Waals surface area contributed by atoms with Crippen molar-refractivity contribution in [2.24, 2.45) is 11.3 Å². The number of ether oxygens (including phenoxy) is 1. The zero-order valence-corrected chi connectivity index (χ0v) is 16.9. The van der Waals surface area contributed by atoms with Gasteiger partial charge in [-0.3, -0.25) is 4.79 Å². The first-order valence-electron chi connectivity index (χ1n) is 8.34. The topological polar surface area (TPSA) is 39.2 Å². The van der Waals surface area contributed by atoms with Gasteiger partial charge in [0.2, 0.25) is 0 Å². The van der Waals surface area contributed by atoms with Crippen LogP contribution in [0.1, 0.15) is 66.5 Å². The molecule has 0 N–H and O–H groups in total. The summed E-state index contributed by atoms with van der Waals surface area (Å²) in [5.41, 5.74) is 0.250. The molecule has 1 atom stereocenters. The van der Waals surface area contributed by atoms with Crippen molar-refractivity contribution < 1.29 is 9.53 Å². The van der Waals surface area contributed by atoms with Gasteiger partial charge in [0.1, 0.15) is 10.2 Å². The Kier molecular flexibility index (Phi) is 7.25. The molecular weight excluding hydrogens is 354 g/mol. The lowest BCUT2D eigenvalue weighted by atomic mass is 9.84. The predicted octanol–water partition coefficient (Wildman–Crippen LogP) is 5.56. The van der Waals surface area contributed by atoms with Crippen LogP contribution in [0.3, 0.4) is 0 Å². The van der Waals surface area contributed by atoms with Gasteiger partial charge in [0, 0.05) is 5.69 Å². The van der Waals surface area contributed by atoms with Gasteiger partial charge in [0.05, 0.1) is 5.41 Å². The van der Waals surface area contributed by atoms with Crippen molar-refractivity contribution in [3.63, 3.8) is 0 Å². The molecule has 1 aromatic heterocycles. The van der Waals surface area contributed by atoms with Crippen molar-refractivity contribution in [2.75, 3.05) is 0 Å². The number of hydrogen-bond donors (Lipinski definition) is 0. The third-order valence-electron chi connectivity index (χ3n) is 3.88. The molecule has 0 saturated heterocycles. The number of esters is 1. The average Bonchev–Trinajstić information content (AvgIpc) is 2.41. The van der Waals surface area contributed by atoms with Gasteiger partial charge in [-0.25, -0.2) is 4.98 Å². The number of aryl methyl sites for hydroxylation is 1. The summed E-state index contributed by atoms with van der Waals surface area (Å²) in [6.07, 6.45) is 3.90. The second-order valence-corrected chi connectivity index (χ2v) is 8.83. The number of hydrogen-bond acceptors (Lipinski definition) is 3. The number of carbonyl (C=O) groups excluding carboxylic acids is 1. The molecule has 23 heavy (non-hydrogen) atoms. The van der Waals surface area contributed by atoms with E-state index in [1.165, 1.54) is 0 Å². The molecule has 0 radical (unpaired) electrons. The van der Waals surface area contributed by atoms with Crippen molar-refractivity contribution >= 4 is 21.9 Å². The second kappa shape index (κ2) is 8.27. The minimum absolute atomic E-state index is 0.106. The van der Waals surface area contributed by atoms with Crippen LogP contribution in [0.25, 0.3) is 0 Å². The van der Waals surface area contributed by atoms with E-state index in [1.54, 1.807) is 0 Å². The van der Waals surface area contributed by atoms with E-state index < -0.39 is 11.0 Å². The average molecular weight is 384 g/mol. The van der Waals surface area contributed by atoms with Crippen molar-refractivity contribution in [1.29, 1.82) is 0 Å². The van der Waals surface area contributed by atoms with Crippen LogP contribution in [0, 0.1) is 11.3 Å². The SMILES string of the molecule is CC(CCc1cccc(Br)n1)CCC(C)(C)C(=O)OC(C)(C)C. The van der Waals surface area contributed by atoms with E-state index in [-0.39, 0.29) is 5.97 Å². The maximum atomic E-state index is 12.3. The molecule has 0 fully saturated rings. The van der Waals surface area contributed by atoms with E-state index in [4.69, 9.17) is 4.74 Å².